The number of rotatable bonds is 9. The van der Waals surface area contributed by atoms with Crippen molar-refractivity contribution in [1.82, 2.24) is 15.0 Å². The first-order valence-corrected chi connectivity index (χ1v) is 9.82. The van der Waals surface area contributed by atoms with Crippen LogP contribution in [0.15, 0.2) is 24.3 Å². The Bertz CT molecular complexity index is 693. The second kappa shape index (κ2) is 9.51. The van der Waals surface area contributed by atoms with Gasteiger partial charge in [-0.15, -0.1) is 0 Å². The average Bonchev–Trinajstić information content (AvgIpc) is 2.66. The van der Waals surface area contributed by atoms with Crippen LogP contribution >= 0.6 is 0 Å². The van der Waals surface area contributed by atoms with Crippen molar-refractivity contribution in [3.63, 3.8) is 0 Å². The van der Waals surface area contributed by atoms with Gasteiger partial charge in [-0.25, -0.2) is 0 Å². The van der Waals surface area contributed by atoms with E-state index in [2.05, 4.69) is 68.7 Å². The van der Waals surface area contributed by atoms with Crippen molar-refractivity contribution in [2.75, 3.05) is 36.5 Å². The zero-order valence-electron chi connectivity index (χ0n) is 17.2. The van der Waals surface area contributed by atoms with Gasteiger partial charge in [0, 0.05) is 32.2 Å². The van der Waals surface area contributed by atoms with Gasteiger partial charge in [0.15, 0.2) is 5.82 Å². The minimum absolute atomic E-state index is 0.478. The summed E-state index contributed by atoms with van der Waals surface area (Å²) >= 11 is 0. The van der Waals surface area contributed by atoms with E-state index in [1.54, 1.807) is 0 Å². The molecule has 0 radical (unpaired) electrons. The number of benzene rings is 1. The Morgan fingerprint density at radius 3 is 2.15 bits per heavy atom. The van der Waals surface area contributed by atoms with E-state index >= 15 is 0 Å². The molecule has 0 N–H and O–H groups in total. The van der Waals surface area contributed by atoms with Crippen LogP contribution in [0.4, 0.5) is 11.9 Å². The van der Waals surface area contributed by atoms with Gasteiger partial charge in [0.2, 0.25) is 11.9 Å². The molecular weight excluding hydrogens is 322 g/mol. The van der Waals surface area contributed by atoms with E-state index in [4.69, 9.17) is 15.0 Å². The van der Waals surface area contributed by atoms with Crippen LogP contribution in [0, 0.1) is 0 Å². The van der Waals surface area contributed by atoms with Crippen LogP contribution in [-0.4, -0.2) is 41.6 Å². The Morgan fingerprint density at radius 1 is 0.923 bits per heavy atom. The zero-order valence-corrected chi connectivity index (χ0v) is 17.2. The van der Waals surface area contributed by atoms with Gasteiger partial charge in [-0.1, -0.05) is 45.9 Å². The maximum absolute atomic E-state index is 4.84. The molecule has 1 aromatic carbocycles. The van der Waals surface area contributed by atoms with Crippen molar-refractivity contribution in [1.29, 1.82) is 0 Å². The molecule has 1 aromatic heterocycles. The highest BCUT2D eigenvalue weighted by atomic mass is 15.3. The maximum atomic E-state index is 4.84. The summed E-state index contributed by atoms with van der Waals surface area (Å²) in [6, 6.07) is 8.54. The van der Waals surface area contributed by atoms with Gasteiger partial charge in [-0.05, 0) is 37.3 Å². The summed E-state index contributed by atoms with van der Waals surface area (Å²) in [4.78, 5) is 18.7. The van der Waals surface area contributed by atoms with Gasteiger partial charge in [-0.3, -0.25) is 0 Å². The van der Waals surface area contributed by atoms with Crippen LogP contribution in [0.3, 0.4) is 0 Å². The fourth-order valence-corrected chi connectivity index (χ4v) is 2.83. The van der Waals surface area contributed by atoms with Gasteiger partial charge >= 0.3 is 0 Å². The highest BCUT2D eigenvalue weighted by Crippen LogP contribution is 2.24. The third kappa shape index (κ3) is 4.93. The molecule has 0 aliphatic rings. The van der Waals surface area contributed by atoms with Crippen LogP contribution in [-0.2, 0) is 0 Å². The van der Waals surface area contributed by atoms with E-state index in [1.807, 2.05) is 7.05 Å². The molecule has 26 heavy (non-hydrogen) atoms. The molecule has 0 spiro atoms. The normalized spacial score (nSPS) is 11.0. The summed E-state index contributed by atoms with van der Waals surface area (Å²) in [5.41, 5.74) is 2.35. The SMILES string of the molecule is CCCN(CCC)c1nc(-c2cccc(C(C)C)c2)nc(N(C)CC)n1. The molecule has 0 atom stereocenters. The molecule has 0 unspecified atom stereocenters. The van der Waals surface area contributed by atoms with Crippen LogP contribution in [0.25, 0.3) is 11.4 Å². The van der Waals surface area contributed by atoms with E-state index in [1.165, 1.54) is 5.56 Å². The smallest absolute Gasteiger partial charge is 0.230 e. The molecule has 0 bridgehead atoms. The van der Waals surface area contributed by atoms with Crippen molar-refractivity contribution < 1.29 is 0 Å². The Labute approximate surface area is 158 Å². The lowest BCUT2D eigenvalue weighted by Crippen LogP contribution is -2.29. The molecule has 0 saturated carbocycles. The van der Waals surface area contributed by atoms with Gasteiger partial charge in [0.25, 0.3) is 0 Å². The first-order valence-electron chi connectivity index (χ1n) is 9.82. The fraction of sp³-hybridized carbons (Fsp3) is 0.571. The fourth-order valence-electron chi connectivity index (χ4n) is 2.83. The molecule has 2 aromatic rings. The quantitative estimate of drug-likeness (QED) is 0.650. The van der Waals surface area contributed by atoms with Crippen LogP contribution in [0.5, 0.6) is 0 Å². The third-order valence-corrected chi connectivity index (χ3v) is 4.51. The van der Waals surface area contributed by atoms with Crippen LogP contribution in [0.2, 0.25) is 0 Å². The molecule has 0 amide bonds. The van der Waals surface area contributed by atoms with Gasteiger partial charge in [-0.2, -0.15) is 15.0 Å². The summed E-state index contributed by atoms with van der Waals surface area (Å²) in [5, 5.41) is 0. The van der Waals surface area contributed by atoms with E-state index in [9.17, 15) is 0 Å². The zero-order chi connectivity index (χ0) is 19.1. The minimum atomic E-state index is 0.478. The lowest BCUT2D eigenvalue weighted by Gasteiger charge is -2.24. The van der Waals surface area contributed by atoms with E-state index in [0.29, 0.717) is 5.92 Å². The van der Waals surface area contributed by atoms with E-state index in [0.717, 1.165) is 55.8 Å². The van der Waals surface area contributed by atoms with Crippen molar-refractivity contribution in [3.05, 3.63) is 29.8 Å². The van der Waals surface area contributed by atoms with Gasteiger partial charge in [0.1, 0.15) is 0 Å². The molecule has 1 heterocycles. The molecular formula is C21H33N5. The first-order chi connectivity index (χ1) is 12.5. The summed E-state index contributed by atoms with van der Waals surface area (Å²) in [7, 11) is 2.03. The number of hydrogen-bond acceptors (Lipinski definition) is 5. The molecule has 5 nitrogen and oxygen atoms in total. The Balaban J connectivity index is 2.54. The van der Waals surface area contributed by atoms with E-state index < -0.39 is 0 Å². The average molecular weight is 356 g/mol. The largest absolute Gasteiger partial charge is 0.344 e. The second-order valence-electron chi connectivity index (χ2n) is 7.04. The number of anilines is 2. The highest BCUT2D eigenvalue weighted by Gasteiger charge is 2.16. The number of aromatic nitrogens is 3. The monoisotopic (exact) mass is 355 g/mol. The molecule has 142 valence electrons. The molecule has 0 fully saturated rings. The van der Waals surface area contributed by atoms with Gasteiger partial charge in [0.05, 0.1) is 0 Å². The predicted molar refractivity (Wildman–Crippen MR) is 111 cm³/mol. The highest BCUT2D eigenvalue weighted by molar-refractivity contribution is 5.60. The molecule has 5 heteroatoms. The van der Waals surface area contributed by atoms with Crippen molar-refractivity contribution >= 4 is 11.9 Å². The van der Waals surface area contributed by atoms with Crippen molar-refractivity contribution in [3.8, 4) is 11.4 Å². The summed E-state index contributed by atoms with van der Waals surface area (Å²) in [5.74, 6) is 2.75. The van der Waals surface area contributed by atoms with Crippen LogP contribution < -0.4 is 9.80 Å². The number of hydrogen-bond donors (Lipinski definition) is 0. The minimum Gasteiger partial charge on any atom is -0.344 e. The van der Waals surface area contributed by atoms with Crippen molar-refractivity contribution in [2.24, 2.45) is 0 Å². The predicted octanol–water partition coefficient (Wildman–Crippen LogP) is 4.74. The Kier molecular flexibility index (Phi) is 7.37. The van der Waals surface area contributed by atoms with Gasteiger partial charge < -0.3 is 9.80 Å². The Hall–Kier alpha value is -2.17. The summed E-state index contributed by atoms with van der Waals surface area (Å²) in [6.07, 6.45) is 2.14. The molecule has 2 rings (SSSR count). The van der Waals surface area contributed by atoms with E-state index in [-0.39, 0.29) is 0 Å². The number of nitrogens with zero attached hydrogens (tertiary/aromatic N) is 5. The standard InChI is InChI=1S/C21H33N5/c1-7-13-26(14-8-2)21-23-19(22-20(24-21)25(6)9-3)18-12-10-11-17(15-18)16(4)5/h10-12,15-16H,7-9,13-14H2,1-6H3. The maximum Gasteiger partial charge on any atom is 0.230 e. The molecule has 0 aliphatic heterocycles. The first kappa shape index (κ1) is 20.1. The van der Waals surface area contributed by atoms with Crippen LogP contribution in [0.1, 0.15) is 58.9 Å². The summed E-state index contributed by atoms with van der Waals surface area (Å²) in [6.45, 7) is 13.7. The molecule has 0 aliphatic carbocycles. The Morgan fingerprint density at radius 2 is 1.58 bits per heavy atom. The third-order valence-electron chi connectivity index (χ3n) is 4.51. The van der Waals surface area contributed by atoms with Crippen molar-refractivity contribution in [2.45, 2.75) is 53.4 Å². The summed E-state index contributed by atoms with van der Waals surface area (Å²) < 4.78 is 0. The molecule has 0 saturated heterocycles. The second-order valence-corrected chi connectivity index (χ2v) is 7.04. The topological polar surface area (TPSA) is 45.2 Å². The lowest BCUT2D eigenvalue weighted by molar-refractivity contribution is 0.715. The lowest BCUT2D eigenvalue weighted by atomic mass is 10.0.